The molecule has 0 aliphatic heterocycles. The number of aromatic nitrogens is 1. The number of hydrogen-bond acceptors (Lipinski definition) is 2. The molecule has 0 saturated carbocycles. The normalized spacial score (nSPS) is 12.6. The highest BCUT2D eigenvalue weighted by molar-refractivity contribution is 5.84. The first-order valence-electron chi connectivity index (χ1n) is 8.64. The second-order valence-corrected chi connectivity index (χ2v) is 6.73. The number of carboxylic acid groups (broad SMARTS) is 1. The molecule has 0 radical (unpaired) electrons. The van der Waals surface area contributed by atoms with Crippen LogP contribution in [-0.2, 0) is 17.8 Å². The van der Waals surface area contributed by atoms with Crippen molar-refractivity contribution in [1.82, 2.24) is 10.3 Å². The Labute approximate surface area is 147 Å². The van der Waals surface area contributed by atoms with Crippen LogP contribution in [0.4, 0.5) is 0 Å². The molecule has 4 nitrogen and oxygen atoms in total. The van der Waals surface area contributed by atoms with Gasteiger partial charge in [0.25, 0.3) is 0 Å². The molecule has 3 N–H and O–H groups in total. The van der Waals surface area contributed by atoms with Crippen molar-refractivity contribution in [2.75, 3.05) is 0 Å². The average molecular weight is 336 g/mol. The SMILES string of the molecule is CC(C)c1ccc(CNC(Cc2c[nH]c3ccccc23)C(=O)O)cc1. The van der Waals surface area contributed by atoms with Gasteiger partial charge in [-0.15, -0.1) is 0 Å². The molecule has 0 aliphatic carbocycles. The standard InChI is InChI=1S/C21H24N2O2/c1-14(2)16-9-7-15(8-10-16)12-22-20(21(24)25)11-17-13-23-19-6-4-3-5-18(17)19/h3-10,13-14,20,22-23H,11-12H2,1-2H3,(H,24,25). The number of rotatable bonds is 7. The lowest BCUT2D eigenvalue weighted by molar-refractivity contribution is -0.139. The topological polar surface area (TPSA) is 65.1 Å². The molecule has 1 unspecified atom stereocenters. The third-order valence-corrected chi connectivity index (χ3v) is 4.60. The summed E-state index contributed by atoms with van der Waals surface area (Å²) >= 11 is 0. The molecule has 3 aromatic rings. The van der Waals surface area contributed by atoms with E-state index in [0.717, 1.165) is 22.0 Å². The van der Waals surface area contributed by atoms with Crippen LogP contribution in [0.2, 0.25) is 0 Å². The van der Waals surface area contributed by atoms with Crippen LogP contribution in [-0.4, -0.2) is 22.1 Å². The van der Waals surface area contributed by atoms with Gasteiger partial charge in [0.05, 0.1) is 0 Å². The molecule has 0 aliphatic rings. The van der Waals surface area contributed by atoms with Crippen LogP contribution in [0.25, 0.3) is 10.9 Å². The minimum atomic E-state index is -0.830. The fourth-order valence-corrected chi connectivity index (χ4v) is 3.03. The Morgan fingerprint density at radius 2 is 1.84 bits per heavy atom. The maximum absolute atomic E-state index is 11.7. The van der Waals surface area contributed by atoms with E-state index >= 15 is 0 Å². The molecule has 25 heavy (non-hydrogen) atoms. The zero-order valence-corrected chi connectivity index (χ0v) is 14.6. The maximum Gasteiger partial charge on any atom is 0.321 e. The number of benzene rings is 2. The summed E-state index contributed by atoms with van der Waals surface area (Å²) in [5.74, 6) is -0.334. The number of carboxylic acids is 1. The number of para-hydroxylation sites is 1. The van der Waals surface area contributed by atoms with E-state index in [-0.39, 0.29) is 0 Å². The number of H-pyrrole nitrogens is 1. The minimum Gasteiger partial charge on any atom is -0.480 e. The Kier molecular flexibility index (Phi) is 5.19. The van der Waals surface area contributed by atoms with Crippen molar-refractivity contribution in [1.29, 1.82) is 0 Å². The fraction of sp³-hybridized carbons (Fsp3) is 0.286. The molecular formula is C21H24N2O2. The molecule has 4 heteroatoms. The number of hydrogen-bond donors (Lipinski definition) is 3. The van der Waals surface area contributed by atoms with Gasteiger partial charge in [-0.05, 0) is 28.7 Å². The van der Waals surface area contributed by atoms with Gasteiger partial charge in [-0.3, -0.25) is 4.79 Å². The van der Waals surface area contributed by atoms with Crippen molar-refractivity contribution in [3.63, 3.8) is 0 Å². The molecular weight excluding hydrogens is 312 g/mol. The zero-order chi connectivity index (χ0) is 17.8. The van der Waals surface area contributed by atoms with Crippen LogP contribution in [0.5, 0.6) is 0 Å². The van der Waals surface area contributed by atoms with Crippen molar-refractivity contribution in [2.45, 2.75) is 38.8 Å². The van der Waals surface area contributed by atoms with Gasteiger partial charge < -0.3 is 15.4 Å². The van der Waals surface area contributed by atoms with E-state index in [0.29, 0.717) is 18.9 Å². The average Bonchev–Trinajstić information content (AvgIpc) is 3.01. The van der Waals surface area contributed by atoms with Gasteiger partial charge in [0.15, 0.2) is 0 Å². The molecule has 1 heterocycles. The van der Waals surface area contributed by atoms with E-state index in [1.165, 1.54) is 5.56 Å². The van der Waals surface area contributed by atoms with Crippen molar-refractivity contribution < 1.29 is 9.90 Å². The molecule has 0 amide bonds. The summed E-state index contributed by atoms with van der Waals surface area (Å²) < 4.78 is 0. The van der Waals surface area contributed by atoms with Crippen LogP contribution in [0.1, 0.15) is 36.5 Å². The van der Waals surface area contributed by atoms with E-state index in [4.69, 9.17) is 0 Å². The van der Waals surface area contributed by atoms with Crippen molar-refractivity contribution in [2.24, 2.45) is 0 Å². The van der Waals surface area contributed by atoms with Gasteiger partial charge in [-0.2, -0.15) is 0 Å². The molecule has 0 fully saturated rings. The third kappa shape index (κ3) is 4.09. The lowest BCUT2D eigenvalue weighted by atomic mass is 10.0. The van der Waals surface area contributed by atoms with E-state index in [2.05, 4.69) is 48.4 Å². The summed E-state index contributed by atoms with van der Waals surface area (Å²) in [7, 11) is 0. The highest BCUT2D eigenvalue weighted by Gasteiger charge is 2.19. The first-order chi connectivity index (χ1) is 12.0. The van der Waals surface area contributed by atoms with Crippen LogP contribution >= 0.6 is 0 Å². The second kappa shape index (κ2) is 7.53. The summed E-state index contributed by atoms with van der Waals surface area (Å²) in [5, 5.41) is 13.8. The van der Waals surface area contributed by atoms with E-state index in [1.807, 2.05) is 30.5 Å². The predicted molar refractivity (Wildman–Crippen MR) is 101 cm³/mol. The number of nitrogens with one attached hydrogen (secondary N) is 2. The van der Waals surface area contributed by atoms with Crippen LogP contribution in [0.15, 0.2) is 54.7 Å². The highest BCUT2D eigenvalue weighted by Crippen LogP contribution is 2.19. The van der Waals surface area contributed by atoms with Crippen LogP contribution < -0.4 is 5.32 Å². The molecule has 2 aromatic carbocycles. The quantitative estimate of drug-likeness (QED) is 0.609. The van der Waals surface area contributed by atoms with E-state index in [9.17, 15) is 9.90 Å². The molecule has 1 aromatic heterocycles. The second-order valence-electron chi connectivity index (χ2n) is 6.73. The summed E-state index contributed by atoms with van der Waals surface area (Å²) in [4.78, 5) is 14.9. The van der Waals surface area contributed by atoms with Gasteiger partial charge in [-0.1, -0.05) is 56.3 Å². The molecule has 3 rings (SSSR count). The zero-order valence-electron chi connectivity index (χ0n) is 14.6. The summed E-state index contributed by atoms with van der Waals surface area (Å²) in [6.45, 7) is 4.86. The van der Waals surface area contributed by atoms with Crippen molar-refractivity contribution in [3.8, 4) is 0 Å². The van der Waals surface area contributed by atoms with Gasteiger partial charge in [0, 0.05) is 30.1 Å². The molecule has 0 spiro atoms. The fourth-order valence-electron chi connectivity index (χ4n) is 3.03. The Morgan fingerprint density at radius 3 is 2.52 bits per heavy atom. The van der Waals surface area contributed by atoms with Gasteiger partial charge >= 0.3 is 5.97 Å². The number of fused-ring (bicyclic) bond motifs is 1. The molecule has 0 bridgehead atoms. The van der Waals surface area contributed by atoms with E-state index in [1.54, 1.807) is 0 Å². The first kappa shape index (κ1) is 17.2. The van der Waals surface area contributed by atoms with Crippen molar-refractivity contribution >= 4 is 16.9 Å². The minimum absolute atomic E-state index is 0.448. The van der Waals surface area contributed by atoms with Crippen LogP contribution in [0, 0.1) is 0 Å². The van der Waals surface area contributed by atoms with Gasteiger partial charge in [-0.25, -0.2) is 0 Å². The maximum atomic E-state index is 11.7. The van der Waals surface area contributed by atoms with Gasteiger partial charge in [0.1, 0.15) is 6.04 Å². The highest BCUT2D eigenvalue weighted by atomic mass is 16.4. The first-order valence-corrected chi connectivity index (χ1v) is 8.64. The largest absolute Gasteiger partial charge is 0.480 e. The smallest absolute Gasteiger partial charge is 0.321 e. The van der Waals surface area contributed by atoms with Gasteiger partial charge in [0.2, 0.25) is 0 Å². The summed E-state index contributed by atoms with van der Waals surface area (Å²) in [5.41, 5.74) is 4.43. The Hall–Kier alpha value is -2.59. The lowest BCUT2D eigenvalue weighted by Crippen LogP contribution is -2.38. The monoisotopic (exact) mass is 336 g/mol. The summed E-state index contributed by atoms with van der Waals surface area (Å²) in [6, 6.07) is 15.7. The van der Waals surface area contributed by atoms with Crippen LogP contribution in [0.3, 0.4) is 0 Å². The Bertz CT molecular complexity index is 850. The number of carbonyl (C=O) groups is 1. The van der Waals surface area contributed by atoms with Crippen molar-refractivity contribution in [3.05, 3.63) is 71.4 Å². The molecule has 130 valence electrons. The predicted octanol–water partition coefficient (Wildman–Crippen LogP) is 4.08. The molecule has 1 atom stereocenters. The lowest BCUT2D eigenvalue weighted by Gasteiger charge is -2.15. The summed E-state index contributed by atoms with van der Waals surface area (Å²) in [6.07, 6.45) is 2.35. The molecule has 0 saturated heterocycles. The Morgan fingerprint density at radius 1 is 1.12 bits per heavy atom. The third-order valence-electron chi connectivity index (χ3n) is 4.60. The Balaban J connectivity index is 1.68. The number of aromatic amines is 1. The van der Waals surface area contributed by atoms with E-state index < -0.39 is 12.0 Å². The number of aliphatic carboxylic acids is 1.